The molecule has 0 fully saturated rings. The third-order valence-corrected chi connectivity index (χ3v) is 2.02. The van der Waals surface area contributed by atoms with Gasteiger partial charge in [-0.05, 0) is 24.1 Å². The van der Waals surface area contributed by atoms with E-state index in [1.165, 1.54) is 19.2 Å². The van der Waals surface area contributed by atoms with Crippen LogP contribution in [-0.4, -0.2) is 13.8 Å². The van der Waals surface area contributed by atoms with Crippen LogP contribution in [0, 0.1) is 5.82 Å². The lowest BCUT2D eigenvalue weighted by Gasteiger charge is -2.10. The molecule has 0 saturated heterocycles. The number of rotatable bonds is 4. The summed E-state index contributed by atoms with van der Waals surface area (Å²) in [7, 11) is 1.39. The normalized spacial score (nSPS) is 12.6. The van der Waals surface area contributed by atoms with E-state index in [-0.39, 0.29) is 12.2 Å². The first kappa shape index (κ1) is 10.9. The Morgan fingerprint density at radius 2 is 2.21 bits per heavy atom. The molecule has 1 atom stereocenters. The van der Waals surface area contributed by atoms with Crippen LogP contribution >= 0.6 is 0 Å². The van der Waals surface area contributed by atoms with Crippen LogP contribution in [0.15, 0.2) is 18.2 Å². The predicted octanol–water partition coefficient (Wildman–Crippen LogP) is 2.19. The second kappa shape index (κ2) is 4.91. The number of ether oxygens (including phenoxy) is 1. The predicted molar refractivity (Wildman–Crippen MR) is 50.5 cm³/mol. The van der Waals surface area contributed by atoms with Gasteiger partial charge in [0, 0.05) is 6.04 Å². The van der Waals surface area contributed by atoms with Gasteiger partial charge < -0.3 is 10.5 Å². The Morgan fingerprint density at radius 1 is 1.50 bits per heavy atom. The van der Waals surface area contributed by atoms with E-state index in [0.29, 0.717) is 5.56 Å². The average molecular weight is 201 g/mol. The maximum atomic E-state index is 13.2. The lowest BCUT2D eigenvalue weighted by Crippen LogP contribution is -2.11. The first-order chi connectivity index (χ1) is 6.69. The van der Waals surface area contributed by atoms with Crippen molar-refractivity contribution in [3.63, 3.8) is 0 Å². The molecular formula is C10H13F2NO. The van der Waals surface area contributed by atoms with Gasteiger partial charge in [-0.15, -0.1) is 0 Å². The molecule has 0 aliphatic rings. The number of alkyl halides is 1. The lowest BCUT2D eigenvalue weighted by atomic mass is 10.1. The van der Waals surface area contributed by atoms with Gasteiger partial charge in [0.2, 0.25) is 0 Å². The minimum absolute atomic E-state index is 0.168. The van der Waals surface area contributed by atoms with E-state index in [2.05, 4.69) is 0 Å². The summed E-state index contributed by atoms with van der Waals surface area (Å²) in [6.45, 7) is -0.505. The number of halogens is 2. The molecule has 0 saturated carbocycles. The zero-order chi connectivity index (χ0) is 10.6. The Kier molecular flexibility index (Phi) is 3.83. The number of nitrogens with two attached hydrogens (primary N) is 1. The molecule has 0 bridgehead atoms. The third kappa shape index (κ3) is 2.42. The van der Waals surface area contributed by atoms with Crippen LogP contribution in [0.4, 0.5) is 8.78 Å². The highest BCUT2D eigenvalue weighted by molar-refractivity contribution is 5.30. The standard InChI is InChI=1S/C10H13F2NO/c1-14-10-3-2-7(6-8(10)12)9(13)4-5-11/h2-3,6,9H,4-5,13H2,1H3/t9-/m0/s1. The van der Waals surface area contributed by atoms with E-state index in [1.807, 2.05) is 0 Å². The maximum absolute atomic E-state index is 13.2. The van der Waals surface area contributed by atoms with E-state index >= 15 is 0 Å². The van der Waals surface area contributed by atoms with Crippen molar-refractivity contribution in [2.45, 2.75) is 12.5 Å². The van der Waals surface area contributed by atoms with Crippen LogP contribution in [0.3, 0.4) is 0 Å². The third-order valence-electron chi connectivity index (χ3n) is 2.02. The Balaban J connectivity index is 2.85. The molecule has 0 amide bonds. The van der Waals surface area contributed by atoms with Crippen molar-refractivity contribution in [2.24, 2.45) is 5.73 Å². The molecule has 4 heteroatoms. The summed E-state index contributed by atoms with van der Waals surface area (Å²) in [5, 5.41) is 0. The molecule has 1 rings (SSSR count). The Hall–Kier alpha value is -1.16. The summed E-state index contributed by atoms with van der Waals surface area (Å²) in [5.41, 5.74) is 6.20. The van der Waals surface area contributed by atoms with E-state index in [0.717, 1.165) is 0 Å². The molecule has 1 aromatic rings. The highest BCUT2D eigenvalue weighted by Crippen LogP contribution is 2.22. The fraction of sp³-hybridized carbons (Fsp3) is 0.400. The van der Waals surface area contributed by atoms with Crippen LogP contribution < -0.4 is 10.5 Å². The number of hydrogen-bond donors (Lipinski definition) is 1. The van der Waals surface area contributed by atoms with E-state index < -0.39 is 18.5 Å². The molecule has 14 heavy (non-hydrogen) atoms. The van der Waals surface area contributed by atoms with Gasteiger partial charge in [0.15, 0.2) is 11.6 Å². The molecule has 0 unspecified atom stereocenters. The van der Waals surface area contributed by atoms with Crippen molar-refractivity contribution < 1.29 is 13.5 Å². The summed E-state index contributed by atoms with van der Waals surface area (Å²) in [6, 6.07) is 3.95. The summed E-state index contributed by atoms with van der Waals surface area (Å²) in [4.78, 5) is 0. The summed E-state index contributed by atoms with van der Waals surface area (Å²) in [5.74, 6) is -0.305. The fourth-order valence-electron chi connectivity index (χ4n) is 1.20. The largest absolute Gasteiger partial charge is 0.494 e. The zero-order valence-corrected chi connectivity index (χ0v) is 7.97. The fourth-order valence-corrected chi connectivity index (χ4v) is 1.20. The molecule has 0 aliphatic heterocycles. The van der Waals surface area contributed by atoms with Gasteiger partial charge in [0.05, 0.1) is 13.8 Å². The molecule has 0 aliphatic carbocycles. The van der Waals surface area contributed by atoms with Crippen LogP contribution in [0.1, 0.15) is 18.0 Å². The maximum Gasteiger partial charge on any atom is 0.165 e. The van der Waals surface area contributed by atoms with Gasteiger partial charge >= 0.3 is 0 Å². The molecular weight excluding hydrogens is 188 g/mol. The van der Waals surface area contributed by atoms with Crippen LogP contribution in [-0.2, 0) is 0 Å². The summed E-state index contributed by atoms with van der Waals surface area (Å²) < 4.78 is 29.9. The van der Waals surface area contributed by atoms with Gasteiger partial charge in [0.25, 0.3) is 0 Å². The van der Waals surface area contributed by atoms with Gasteiger partial charge in [0.1, 0.15) is 0 Å². The number of methoxy groups -OCH3 is 1. The minimum atomic E-state index is -0.505. The average Bonchev–Trinajstić information content (AvgIpc) is 2.18. The summed E-state index contributed by atoms with van der Waals surface area (Å²) >= 11 is 0. The van der Waals surface area contributed by atoms with E-state index in [1.54, 1.807) is 6.07 Å². The molecule has 1 aromatic carbocycles. The van der Waals surface area contributed by atoms with Crippen molar-refractivity contribution >= 4 is 0 Å². The minimum Gasteiger partial charge on any atom is -0.494 e. The summed E-state index contributed by atoms with van der Waals surface area (Å²) in [6.07, 6.45) is 0.200. The molecule has 0 radical (unpaired) electrons. The van der Waals surface area contributed by atoms with Gasteiger partial charge in [-0.25, -0.2) is 4.39 Å². The number of hydrogen-bond acceptors (Lipinski definition) is 2. The van der Waals surface area contributed by atoms with Crippen LogP contribution in [0.5, 0.6) is 5.75 Å². The molecule has 0 aromatic heterocycles. The Bertz CT molecular complexity index is 304. The Morgan fingerprint density at radius 3 is 2.71 bits per heavy atom. The second-order valence-corrected chi connectivity index (χ2v) is 2.98. The van der Waals surface area contributed by atoms with Gasteiger partial charge in [-0.1, -0.05) is 6.07 Å². The first-order valence-electron chi connectivity index (χ1n) is 4.34. The Labute approximate surface area is 81.7 Å². The SMILES string of the molecule is COc1ccc([C@@H](N)CCF)cc1F. The van der Waals surface area contributed by atoms with Crippen molar-refractivity contribution in [1.82, 2.24) is 0 Å². The van der Waals surface area contributed by atoms with Crippen molar-refractivity contribution in [3.05, 3.63) is 29.6 Å². The number of benzene rings is 1. The van der Waals surface area contributed by atoms with Crippen molar-refractivity contribution in [2.75, 3.05) is 13.8 Å². The monoisotopic (exact) mass is 201 g/mol. The van der Waals surface area contributed by atoms with Gasteiger partial charge in [-0.2, -0.15) is 0 Å². The van der Waals surface area contributed by atoms with Crippen molar-refractivity contribution in [3.8, 4) is 5.75 Å². The van der Waals surface area contributed by atoms with Gasteiger partial charge in [-0.3, -0.25) is 4.39 Å². The lowest BCUT2D eigenvalue weighted by molar-refractivity contribution is 0.385. The highest BCUT2D eigenvalue weighted by Gasteiger charge is 2.09. The molecule has 2 N–H and O–H groups in total. The zero-order valence-electron chi connectivity index (χ0n) is 7.97. The second-order valence-electron chi connectivity index (χ2n) is 2.98. The van der Waals surface area contributed by atoms with Crippen LogP contribution in [0.25, 0.3) is 0 Å². The van der Waals surface area contributed by atoms with E-state index in [9.17, 15) is 8.78 Å². The molecule has 0 heterocycles. The highest BCUT2D eigenvalue weighted by atomic mass is 19.1. The van der Waals surface area contributed by atoms with E-state index in [4.69, 9.17) is 10.5 Å². The van der Waals surface area contributed by atoms with Crippen molar-refractivity contribution in [1.29, 1.82) is 0 Å². The molecule has 78 valence electrons. The quantitative estimate of drug-likeness (QED) is 0.810. The van der Waals surface area contributed by atoms with Crippen LogP contribution in [0.2, 0.25) is 0 Å². The molecule has 0 spiro atoms. The smallest absolute Gasteiger partial charge is 0.165 e. The topological polar surface area (TPSA) is 35.2 Å². The first-order valence-corrected chi connectivity index (χ1v) is 4.34. The molecule has 2 nitrogen and oxygen atoms in total.